The van der Waals surface area contributed by atoms with Crippen LogP contribution in [0.5, 0.6) is 5.75 Å². The van der Waals surface area contributed by atoms with Crippen molar-refractivity contribution in [2.75, 3.05) is 26.9 Å². The molecule has 0 radical (unpaired) electrons. The van der Waals surface area contributed by atoms with Crippen molar-refractivity contribution < 1.29 is 14.6 Å². The molecule has 0 aliphatic carbocycles. The average molecular weight is 220 g/mol. The van der Waals surface area contributed by atoms with Crippen LogP contribution < -0.4 is 4.74 Å². The highest BCUT2D eigenvalue weighted by Gasteiger charge is 1.99. The quantitative estimate of drug-likeness (QED) is 0.603. The molecule has 0 heterocycles. The second-order valence-electron chi connectivity index (χ2n) is 3.15. The van der Waals surface area contributed by atoms with Crippen molar-refractivity contribution >= 4 is 0 Å². The van der Waals surface area contributed by atoms with Crippen LogP contribution in [-0.4, -0.2) is 32.0 Å². The Hall–Kier alpha value is -1.50. The van der Waals surface area contributed by atoms with Crippen molar-refractivity contribution in [3.05, 3.63) is 29.8 Å². The summed E-state index contributed by atoms with van der Waals surface area (Å²) in [6, 6.07) is 7.53. The summed E-state index contributed by atoms with van der Waals surface area (Å²) < 4.78 is 10.5. The van der Waals surface area contributed by atoms with Gasteiger partial charge in [-0.2, -0.15) is 0 Å². The zero-order valence-corrected chi connectivity index (χ0v) is 9.40. The van der Waals surface area contributed by atoms with Gasteiger partial charge in [-0.3, -0.25) is 0 Å². The Morgan fingerprint density at radius 1 is 1.25 bits per heavy atom. The van der Waals surface area contributed by atoms with Crippen LogP contribution in [-0.2, 0) is 4.74 Å². The van der Waals surface area contributed by atoms with Gasteiger partial charge in [0.1, 0.15) is 12.4 Å². The Morgan fingerprint density at radius 3 is 2.81 bits per heavy atom. The molecule has 0 aromatic heterocycles. The predicted molar refractivity (Wildman–Crippen MR) is 62.4 cm³/mol. The maximum absolute atomic E-state index is 8.63. The van der Waals surface area contributed by atoms with Crippen molar-refractivity contribution in [2.24, 2.45) is 0 Å². The summed E-state index contributed by atoms with van der Waals surface area (Å²) in [6.07, 6.45) is 0.845. The molecule has 1 aromatic carbocycles. The molecular formula is C13H16O3. The Morgan fingerprint density at radius 2 is 2.06 bits per heavy atom. The summed E-state index contributed by atoms with van der Waals surface area (Å²) >= 11 is 0. The Labute approximate surface area is 96.0 Å². The first-order valence-electron chi connectivity index (χ1n) is 5.19. The number of benzene rings is 1. The molecule has 1 aromatic rings. The van der Waals surface area contributed by atoms with Crippen LogP contribution in [0.2, 0.25) is 0 Å². The van der Waals surface area contributed by atoms with E-state index in [2.05, 4.69) is 11.8 Å². The smallest absolute Gasteiger partial charge is 0.134 e. The zero-order valence-electron chi connectivity index (χ0n) is 9.40. The Balaban J connectivity index is 2.57. The molecule has 1 rings (SSSR count). The fraction of sp³-hybridized carbons (Fsp3) is 0.385. The summed E-state index contributed by atoms with van der Waals surface area (Å²) in [5.41, 5.74) is 0.800. The van der Waals surface area contributed by atoms with Gasteiger partial charge in [0.05, 0.1) is 12.2 Å². The summed E-state index contributed by atoms with van der Waals surface area (Å²) in [6.45, 7) is 1.15. The minimum absolute atomic E-state index is 0.141. The summed E-state index contributed by atoms with van der Waals surface area (Å²) in [4.78, 5) is 0. The summed E-state index contributed by atoms with van der Waals surface area (Å²) in [5.74, 6) is 6.20. The molecule has 3 heteroatoms. The fourth-order valence-electron chi connectivity index (χ4n) is 1.22. The van der Waals surface area contributed by atoms with Crippen LogP contribution in [0.3, 0.4) is 0 Å². The van der Waals surface area contributed by atoms with E-state index in [9.17, 15) is 0 Å². The van der Waals surface area contributed by atoms with E-state index in [1.54, 1.807) is 7.11 Å². The lowest BCUT2D eigenvalue weighted by Crippen LogP contribution is -2.02. The van der Waals surface area contributed by atoms with Crippen molar-refractivity contribution in [2.45, 2.75) is 6.42 Å². The number of aliphatic hydroxyl groups is 1. The second-order valence-corrected chi connectivity index (χ2v) is 3.15. The lowest BCUT2D eigenvalue weighted by Gasteiger charge is -2.07. The maximum Gasteiger partial charge on any atom is 0.134 e. The molecule has 0 fully saturated rings. The number of methoxy groups -OCH3 is 1. The van der Waals surface area contributed by atoms with Gasteiger partial charge in [0.15, 0.2) is 0 Å². The number of ether oxygens (including phenoxy) is 2. The number of hydrogen-bond donors (Lipinski definition) is 1. The molecule has 0 saturated heterocycles. The highest BCUT2D eigenvalue weighted by Crippen LogP contribution is 2.16. The van der Waals surface area contributed by atoms with Crippen LogP contribution in [0.1, 0.15) is 12.0 Å². The first-order valence-corrected chi connectivity index (χ1v) is 5.19. The van der Waals surface area contributed by atoms with Crippen LogP contribution in [0.4, 0.5) is 0 Å². The van der Waals surface area contributed by atoms with Gasteiger partial charge in [0.25, 0.3) is 0 Å². The molecule has 3 nitrogen and oxygen atoms in total. The van der Waals surface area contributed by atoms with Gasteiger partial charge < -0.3 is 14.6 Å². The van der Waals surface area contributed by atoms with Crippen LogP contribution in [0, 0.1) is 11.8 Å². The molecule has 0 aliphatic heterocycles. The summed E-state index contributed by atoms with van der Waals surface area (Å²) in [7, 11) is 1.67. The normalized spacial score (nSPS) is 9.38. The fourth-order valence-corrected chi connectivity index (χ4v) is 1.22. The molecule has 0 amide bonds. The third kappa shape index (κ3) is 4.35. The van der Waals surface area contributed by atoms with Crippen LogP contribution >= 0.6 is 0 Å². The van der Waals surface area contributed by atoms with E-state index in [0.29, 0.717) is 13.2 Å². The lowest BCUT2D eigenvalue weighted by atomic mass is 10.2. The van der Waals surface area contributed by atoms with E-state index >= 15 is 0 Å². The molecule has 0 spiro atoms. The highest BCUT2D eigenvalue weighted by atomic mass is 16.5. The van der Waals surface area contributed by atoms with Gasteiger partial charge in [0, 0.05) is 20.1 Å². The van der Waals surface area contributed by atoms with E-state index < -0.39 is 0 Å². The van der Waals surface area contributed by atoms with E-state index in [4.69, 9.17) is 14.6 Å². The second kappa shape index (κ2) is 7.75. The van der Waals surface area contributed by atoms with Crippen molar-refractivity contribution in [1.29, 1.82) is 0 Å². The SMILES string of the molecule is COCCCOc1ccccc1C#CCO. The molecule has 0 bridgehead atoms. The molecule has 0 unspecified atom stereocenters. The highest BCUT2D eigenvalue weighted by molar-refractivity contribution is 5.45. The van der Waals surface area contributed by atoms with Gasteiger partial charge in [-0.25, -0.2) is 0 Å². The monoisotopic (exact) mass is 220 g/mol. The zero-order chi connectivity index (χ0) is 11.6. The van der Waals surface area contributed by atoms with Crippen LogP contribution in [0.15, 0.2) is 24.3 Å². The van der Waals surface area contributed by atoms with Gasteiger partial charge in [-0.1, -0.05) is 24.0 Å². The van der Waals surface area contributed by atoms with Crippen molar-refractivity contribution in [3.63, 3.8) is 0 Å². The number of para-hydroxylation sites is 1. The first kappa shape index (κ1) is 12.6. The topological polar surface area (TPSA) is 38.7 Å². The van der Waals surface area contributed by atoms with Gasteiger partial charge in [-0.05, 0) is 12.1 Å². The van der Waals surface area contributed by atoms with E-state index in [1.165, 1.54) is 0 Å². The number of hydrogen-bond acceptors (Lipinski definition) is 3. The lowest BCUT2D eigenvalue weighted by molar-refractivity contribution is 0.172. The van der Waals surface area contributed by atoms with Crippen LogP contribution in [0.25, 0.3) is 0 Å². The minimum Gasteiger partial charge on any atom is -0.492 e. The molecule has 0 aliphatic rings. The Kier molecular flexibility index (Phi) is 6.09. The standard InChI is InChI=1S/C13H16O3/c1-15-10-5-11-16-13-8-3-2-6-12(13)7-4-9-14/h2-3,6,8,14H,5,9-11H2,1H3. The van der Waals surface area contributed by atoms with Gasteiger partial charge in [-0.15, -0.1) is 0 Å². The summed E-state index contributed by atoms with van der Waals surface area (Å²) in [5, 5.41) is 8.63. The molecule has 86 valence electrons. The molecule has 16 heavy (non-hydrogen) atoms. The van der Waals surface area contributed by atoms with Crippen molar-refractivity contribution in [1.82, 2.24) is 0 Å². The van der Waals surface area contributed by atoms with E-state index in [-0.39, 0.29) is 6.61 Å². The average Bonchev–Trinajstić information content (AvgIpc) is 2.33. The molecule has 1 N–H and O–H groups in total. The molecule has 0 atom stereocenters. The van der Waals surface area contributed by atoms with Gasteiger partial charge in [0.2, 0.25) is 0 Å². The largest absolute Gasteiger partial charge is 0.492 e. The predicted octanol–water partition coefficient (Wildman–Crippen LogP) is 1.45. The third-order valence-electron chi connectivity index (χ3n) is 1.94. The minimum atomic E-state index is -0.141. The molecule has 0 saturated carbocycles. The van der Waals surface area contributed by atoms with E-state index in [0.717, 1.165) is 17.7 Å². The number of aliphatic hydroxyl groups excluding tert-OH is 1. The Bertz CT molecular complexity index is 363. The van der Waals surface area contributed by atoms with E-state index in [1.807, 2.05) is 24.3 Å². The van der Waals surface area contributed by atoms with Crippen molar-refractivity contribution in [3.8, 4) is 17.6 Å². The third-order valence-corrected chi connectivity index (χ3v) is 1.94. The van der Waals surface area contributed by atoms with Gasteiger partial charge >= 0.3 is 0 Å². The first-order chi connectivity index (χ1) is 7.88. The maximum atomic E-state index is 8.63. The molecular weight excluding hydrogens is 204 g/mol. The number of rotatable bonds is 5.